The lowest BCUT2D eigenvalue weighted by atomic mass is 10.2. The minimum absolute atomic E-state index is 0.0135. The number of rotatable bonds is 6. The Bertz CT molecular complexity index is 358. The third-order valence-electron chi connectivity index (χ3n) is 1.82. The normalized spacial score (nSPS) is 12.1. The number of nitrogens with zero attached hydrogens (tertiary/aromatic N) is 2. The lowest BCUT2D eigenvalue weighted by molar-refractivity contribution is 0.0692. The Morgan fingerprint density at radius 3 is 3.06 bits per heavy atom. The van der Waals surface area contributed by atoms with E-state index in [0.717, 1.165) is 0 Å². The monoisotopic (exact) mass is 227 g/mol. The predicted octanol–water partition coefficient (Wildman–Crippen LogP) is -0.406. The average molecular weight is 227 g/mol. The van der Waals surface area contributed by atoms with E-state index in [4.69, 9.17) is 9.84 Å². The smallest absolute Gasteiger partial charge is 0.339 e. The number of aliphatic hydroxyl groups excluding tert-OH is 1. The van der Waals surface area contributed by atoms with Crippen LogP contribution in [-0.2, 0) is 4.74 Å². The minimum Gasteiger partial charge on any atom is -0.478 e. The highest BCUT2D eigenvalue weighted by Gasteiger charge is 2.12. The van der Waals surface area contributed by atoms with Crippen LogP contribution in [0.2, 0.25) is 0 Å². The van der Waals surface area contributed by atoms with Crippen molar-refractivity contribution in [2.45, 2.75) is 6.10 Å². The number of hydrogen-bond acceptors (Lipinski definition) is 6. The minimum atomic E-state index is -1.10. The largest absolute Gasteiger partial charge is 0.478 e. The molecule has 7 heteroatoms. The standard InChI is InChI=1S/C9H13N3O4/c1-16-5-6(13)4-10-8-7(9(14)15)2-3-11-12-8/h2-3,6,13H,4-5H2,1H3,(H,10,12)(H,14,15). The van der Waals surface area contributed by atoms with Crippen LogP contribution in [0.1, 0.15) is 10.4 Å². The van der Waals surface area contributed by atoms with Crippen molar-refractivity contribution >= 4 is 11.8 Å². The molecule has 16 heavy (non-hydrogen) atoms. The van der Waals surface area contributed by atoms with Crippen molar-refractivity contribution in [1.29, 1.82) is 0 Å². The molecule has 1 aromatic rings. The van der Waals surface area contributed by atoms with Gasteiger partial charge in [0.05, 0.1) is 18.9 Å². The second-order valence-corrected chi connectivity index (χ2v) is 3.09. The van der Waals surface area contributed by atoms with E-state index in [9.17, 15) is 9.90 Å². The van der Waals surface area contributed by atoms with E-state index in [2.05, 4.69) is 15.5 Å². The van der Waals surface area contributed by atoms with E-state index in [1.165, 1.54) is 19.4 Å². The molecule has 0 aliphatic heterocycles. The van der Waals surface area contributed by atoms with Crippen LogP contribution in [0.4, 0.5) is 5.82 Å². The van der Waals surface area contributed by atoms with Gasteiger partial charge in [0.1, 0.15) is 5.56 Å². The molecule has 0 bridgehead atoms. The van der Waals surface area contributed by atoms with Crippen LogP contribution < -0.4 is 5.32 Å². The molecule has 1 aromatic heterocycles. The summed E-state index contributed by atoms with van der Waals surface area (Å²) in [7, 11) is 1.47. The molecule has 0 saturated carbocycles. The Balaban J connectivity index is 2.63. The summed E-state index contributed by atoms with van der Waals surface area (Å²) in [6.45, 7) is 0.308. The van der Waals surface area contributed by atoms with Gasteiger partial charge in [-0.25, -0.2) is 4.79 Å². The third-order valence-corrected chi connectivity index (χ3v) is 1.82. The SMILES string of the molecule is COCC(O)CNc1nnccc1C(=O)O. The zero-order chi connectivity index (χ0) is 12.0. The first-order chi connectivity index (χ1) is 7.65. The summed E-state index contributed by atoms with van der Waals surface area (Å²) in [4.78, 5) is 10.8. The summed E-state index contributed by atoms with van der Waals surface area (Å²) >= 11 is 0. The molecule has 1 rings (SSSR count). The van der Waals surface area contributed by atoms with Gasteiger partial charge < -0.3 is 20.3 Å². The van der Waals surface area contributed by atoms with Crippen molar-refractivity contribution < 1.29 is 19.7 Å². The molecule has 0 fully saturated rings. The number of aliphatic hydroxyl groups is 1. The van der Waals surface area contributed by atoms with Crippen molar-refractivity contribution in [2.24, 2.45) is 0 Å². The first-order valence-electron chi connectivity index (χ1n) is 4.61. The van der Waals surface area contributed by atoms with E-state index < -0.39 is 12.1 Å². The molecule has 0 radical (unpaired) electrons. The number of hydrogen-bond donors (Lipinski definition) is 3. The molecule has 0 aromatic carbocycles. The van der Waals surface area contributed by atoms with Crippen LogP contribution in [-0.4, -0.2) is 52.7 Å². The Labute approximate surface area is 92.1 Å². The second-order valence-electron chi connectivity index (χ2n) is 3.09. The molecular formula is C9H13N3O4. The molecular weight excluding hydrogens is 214 g/mol. The van der Waals surface area contributed by atoms with Crippen molar-refractivity contribution in [3.05, 3.63) is 17.8 Å². The summed E-state index contributed by atoms with van der Waals surface area (Å²) < 4.78 is 4.73. The van der Waals surface area contributed by atoms with Gasteiger partial charge in [-0.05, 0) is 6.07 Å². The number of aromatic carboxylic acids is 1. The molecule has 1 heterocycles. The molecule has 0 aliphatic carbocycles. The molecule has 88 valence electrons. The summed E-state index contributed by atoms with van der Waals surface area (Å²) in [5.41, 5.74) is 0.0135. The van der Waals surface area contributed by atoms with E-state index in [0.29, 0.717) is 0 Å². The number of anilines is 1. The summed E-state index contributed by atoms with van der Waals surface area (Å²) in [6, 6.07) is 1.33. The maximum atomic E-state index is 10.8. The van der Waals surface area contributed by atoms with Gasteiger partial charge in [-0.3, -0.25) is 0 Å². The number of nitrogens with one attached hydrogen (secondary N) is 1. The molecule has 0 spiro atoms. The van der Waals surface area contributed by atoms with Crippen molar-refractivity contribution in [1.82, 2.24) is 10.2 Å². The highest BCUT2D eigenvalue weighted by Crippen LogP contribution is 2.09. The molecule has 7 nitrogen and oxygen atoms in total. The van der Waals surface area contributed by atoms with Gasteiger partial charge >= 0.3 is 5.97 Å². The maximum absolute atomic E-state index is 10.8. The van der Waals surface area contributed by atoms with Crippen molar-refractivity contribution in [3.8, 4) is 0 Å². The quantitative estimate of drug-likeness (QED) is 0.607. The number of carbonyl (C=O) groups is 1. The van der Waals surface area contributed by atoms with Gasteiger partial charge in [0.2, 0.25) is 0 Å². The number of carboxylic acids is 1. The summed E-state index contributed by atoms with van der Waals surface area (Å²) in [5, 5.41) is 28.1. The lowest BCUT2D eigenvalue weighted by Crippen LogP contribution is -2.25. The number of ether oxygens (including phenoxy) is 1. The van der Waals surface area contributed by atoms with Crippen LogP contribution in [0.15, 0.2) is 12.3 Å². The van der Waals surface area contributed by atoms with Gasteiger partial charge in [0.25, 0.3) is 0 Å². The van der Waals surface area contributed by atoms with E-state index in [1.807, 2.05) is 0 Å². The molecule has 0 amide bonds. The number of carboxylic acid groups (broad SMARTS) is 1. The molecule has 1 unspecified atom stereocenters. The maximum Gasteiger partial charge on any atom is 0.339 e. The molecule has 3 N–H and O–H groups in total. The van der Waals surface area contributed by atoms with E-state index in [1.54, 1.807) is 0 Å². The van der Waals surface area contributed by atoms with Gasteiger partial charge in [-0.15, -0.1) is 5.10 Å². The van der Waals surface area contributed by atoms with E-state index >= 15 is 0 Å². The van der Waals surface area contributed by atoms with Crippen molar-refractivity contribution in [3.63, 3.8) is 0 Å². The fourth-order valence-corrected chi connectivity index (χ4v) is 1.10. The topological polar surface area (TPSA) is 105 Å². The van der Waals surface area contributed by atoms with Crippen LogP contribution in [0, 0.1) is 0 Å². The van der Waals surface area contributed by atoms with Gasteiger partial charge in [0.15, 0.2) is 5.82 Å². The molecule has 0 saturated heterocycles. The molecule has 1 atom stereocenters. The Morgan fingerprint density at radius 1 is 1.69 bits per heavy atom. The lowest BCUT2D eigenvalue weighted by Gasteiger charge is -2.11. The summed E-state index contributed by atoms with van der Waals surface area (Å²) in [6.07, 6.45) is 0.564. The van der Waals surface area contributed by atoms with Gasteiger partial charge in [0, 0.05) is 13.7 Å². The zero-order valence-electron chi connectivity index (χ0n) is 8.75. The van der Waals surface area contributed by atoms with Gasteiger partial charge in [-0.2, -0.15) is 5.10 Å². The Kier molecular flexibility index (Phi) is 4.62. The van der Waals surface area contributed by atoms with Gasteiger partial charge in [-0.1, -0.05) is 0 Å². The fourth-order valence-electron chi connectivity index (χ4n) is 1.10. The number of methoxy groups -OCH3 is 1. The molecule has 0 aliphatic rings. The van der Waals surface area contributed by atoms with Crippen molar-refractivity contribution in [2.75, 3.05) is 25.6 Å². The van der Waals surface area contributed by atoms with Crippen LogP contribution >= 0.6 is 0 Å². The second kappa shape index (κ2) is 5.99. The average Bonchev–Trinajstić information content (AvgIpc) is 2.27. The first kappa shape index (κ1) is 12.3. The third kappa shape index (κ3) is 3.44. The highest BCUT2D eigenvalue weighted by molar-refractivity contribution is 5.92. The predicted molar refractivity (Wildman–Crippen MR) is 55.4 cm³/mol. The van der Waals surface area contributed by atoms with Crippen LogP contribution in [0.3, 0.4) is 0 Å². The number of aromatic nitrogens is 2. The zero-order valence-corrected chi connectivity index (χ0v) is 8.75. The van der Waals surface area contributed by atoms with Crippen LogP contribution in [0.25, 0.3) is 0 Å². The Morgan fingerprint density at radius 2 is 2.44 bits per heavy atom. The first-order valence-corrected chi connectivity index (χ1v) is 4.61. The Hall–Kier alpha value is -1.73. The fraction of sp³-hybridized carbons (Fsp3) is 0.444. The van der Waals surface area contributed by atoms with E-state index in [-0.39, 0.29) is 24.5 Å². The summed E-state index contributed by atoms with van der Waals surface area (Å²) in [5.74, 6) is -0.969. The van der Waals surface area contributed by atoms with Crippen LogP contribution in [0.5, 0.6) is 0 Å². The highest BCUT2D eigenvalue weighted by atomic mass is 16.5.